The molecule has 0 aliphatic heterocycles. The molecule has 0 amide bonds. The minimum Gasteiger partial charge on any atom is -0.480 e. The Bertz CT molecular complexity index is 240. The van der Waals surface area contributed by atoms with Crippen molar-refractivity contribution in [2.24, 2.45) is 5.73 Å². The van der Waals surface area contributed by atoms with Gasteiger partial charge in [0.05, 0.1) is 0 Å². The fourth-order valence-electron chi connectivity index (χ4n) is 1.16. The molecule has 0 aromatic rings. The molecular formula is C11H19NO4. The summed E-state index contributed by atoms with van der Waals surface area (Å²) in [5.74, 6) is -1.23. The van der Waals surface area contributed by atoms with Gasteiger partial charge < -0.3 is 15.6 Å². The molecule has 0 radical (unpaired) electrons. The third kappa shape index (κ3) is 7.99. The molecule has 0 aliphatic rings. The van der Waals surface area contributed by atoms with Gasteiger partial charge in [-0.05, 0) is 12.8 Å². The number of hydrogen-bond donors (Lipinski definition) is 2. The summed E-state index contributed by atoms with van der Waals surface area (Å²) >= 11 is 0. The normalized spacial score (nSPS) is 11.8. The number of rotatable bonds is 9. The van der Waals surface area contributed by atoms with Crippen LogP contribution in [0.4, 0.5) is 0 Å². The fourth-order valence-corrected chi connectivity index (χ4v) is 1.16. The lowest BCUT2D eigenvalue weighted by molar-refractivity contribution is -0.142. The molecule has 92 valence electrons. The van der Waals surface area contributed by atoms with Crippen LogP contribution in [0.15, 0.2) is 12.7 Å². The second kappa shape index (κ2) is 8.91. The van der Waals surface area contributed by atoms with Crippen LogP contribution >= 0.6 is 0 Å². The maximum Gasteiger partial charge on any atom is 0.320 e. The molecule has 0 bridgehead atoms. The van der Waals surface area contributed by atoms with E-state index < -0.39 is 12.0 Å². The molecule has 0 aliphatic carbocycles. The monoisotopic (exact) mass is 229 g/mol. The van der Waals surface area contributed by atoms with E-state index in [1.54, 1.807) is 0 Å². The third-order valence-electron chi connectivity index (χ3n) is 2.08. The van der Waals surface area contributed by atoms with Gasteiger partial charge in [0.15, 0.2) is 0 Å². The van der Waals surface area contributed by atoms with E-state index in [1.807, 2.05) is 0 Å². The first kappa shape index (κ1) is 14.6. The highest BCUT2D eigenvalue weighted by atomic mass is 16.5. The van der Waals surface area contributed by atoms with Gasteiger partial charge in [-0.1, -0.05) is 25.5 Å². The van der Waals surface area contributed by atoms with Gasteiger partial charge in [-0.25, -0.2) is 0 Å². The first-order chi connectivity index (χ1) is 7.57. The minimum absolute atomic E-state index is 0.239. The zero-order valence-corrected chi connectivity index (χ0v) is 9.35. The zero-order chi connectivity index (χ0) is 12.4. The summed E-state index contributed by atoms with van der Waals surface area (Å²) in [5.41, 5.74) is 5.32. The molecule has 0 spiro atoms. The Hall–Kier alpha value is -1.36. The Kier molecular flexibility index (Phi) is 8.15. The molecule has 5 nitrogen and oxygen atoms in total. The van der Waals surface area contributed by atoms with Crippen LogP contribution in [-0.4, -0.2) is 29.7 Å². The Morgan fingerprint density at radius 2 is 2.06 bits per heavy atom. The zero-order valence-electron chi connectivity index (χ0n) is 9.35. The second-order valence-electron chi connectivity index (χ2n) is 3.52. The lowest BCUT2D eigenvalue weighted by Gasteiger charge is -2.05. The highest BCUT2D eigenvalue weighted by molar-refractivity contribution is 5.72. The van der Waals surface area contributed by atoms with E-state index in [1.165, 1.54) is 6.08 Å². The van der Waals surface area contributed by atoms with Crippen molar-refractivity contribution in [1.82, 2.24) is 0 Å². The number of unbranched alkanes of at least 4 members (excludes halogenated alkanes) is 2. The molecule has 0 aromatic heterocycles. The molecule has 16 heavy (non-hydrogen) atoms. The summed E-state index contributed by atoms with van der Waals surface area (Å²) in [6.45, 7) is 3.67. The van der Waals surface area contributed by atoms with Gasteiger partial charge in [-0.2, -0.15) is 0 Å². The van der Waals surface area contributed by atoms with Crippen LogP contribution in [0.3, 0.4) is 0 Å². The summed E-state index contributed by atoms with van der Waals surface area (Å²) in [7, 11) is 0. The second-order valence-corrected chi connectivity index (χ2v) is 3.52. The SMILES string of the molecule is C=CCOC(=O)CCCCC[C@H](N)C(=O)O. The lowest BCUT2D eigenvalue weighted by atomic mass is 10.1. The van der Waals surface area contributed by atoms with E-state index in [9.17, 15) is 9.59 Å². The standard InChI is InChI=1S/C11H19NO4/c1-2-8-16-10(13)7-5-3-4-6-9(12)11(14)15/h2,9H,1,3-8,12H2,(H,14,15)/t9-/m0/s1. The summed E-state index contributed by atoms with van der Waals surface area (Å²) < 4.78 is 4.78. The summed E-state index contributed by atoms with van der Waals surface area (Å²) in [6, 6.07) is -0.798. The van der Waals surface area contributed by atoms with Gasteiger partial charge >= 0.3 is 11.9 Å². The Balaban J connectivity index is 3.36. The van der Waals surface area contributed by atoms with Crippen molar-refractivity contribution >= 4 is 11.9 Å². The summed E-state index contributed by atoms with van der Waals surface area (Å²) in [5, 5.41) is 8.52. The maximum absolute atomic E-state index is 11.0. The van der Waals surface area contributed by atoms with Crippen LogP contribution in [0.1, 0.15) is 32.1 Å². The van der Waals surface area contributed by atoms with Crippen LogP contribution in [0.2, 0.25) is 0 Å². The summed E-state index contributed by atoms with van der Waals surface area (Å²) in [6.07, 6.45) is 4.51. The van der Waals surface area contributed by atoms with E-state index in [-0.39, 0.29) is 12.6 Å². The van der Waals surface area contributed by atoms with Crippen molar-refractivity contribution in [3.8, 4) is 0 Å². The lowest BCUT2D eigenvalue weighted by Crippen LogP contribution is -2.29. The van der Waals surface area contributed by atoms with Crippen molar-refractivity contribution in [2.75, 3.05) is 6.61 Å². The van der Waals surface area contributed by atoms with Crippen molar-refractivity contribution in [2.45, 2.75) is 38.1 Å². The molecule has 1 atom stereocenters. The smallest absolute Gasteiger partial charge is 0.320 e. The number of carboxylic acid groups (broad SMARTS) is 1. The van der Waals surface area contributed by atoms with Crippen molar-refractivity contribution < 1.29 is 19.4 Å². The molecule has 0 fully saturated rings. The number of hydrogen-bond acceptors (Lipinski definition) is 4. The molecule has 0 saturated carbocycles. The van der Waals surface area contributed by atoms with Gasteiger partial charge in [-0.3, -0.25) is 9.59 Å². The Morgan fingerprint density at radius 1 is 1.38 bits per heavy atom. The van der Waals surface area contributed by atoms with Crippen LogP contribution in [0.25, 0.3) is 0 Å². The van der Waals surface area contributed by atoms with Gasteiger partial charge in [0, 0.05) is 6.42 Å². The van der Waals surface area contributed by atoms with E-state index in [0.29, 0.717) is 25.7 Å². The van der Waals surface area contributed by atoms with Crippen molar-refractivity contribution in [3.05, 3.63) is 12.7 Å². The molecule has 3 N–H and O–H groups in total. The molecular weight excluding hydrogens is 210 g/mol. The predicted molar refractivity (Wildman–Crippen MR) is 59.9 cm³/mol. The Labute approximate surface area is 95.3 Å². The molecule has 0 heterocycles. The average Bonchev–Trinajstić information content (AvgIpc) is 2.25. The largest absolute Gasteiger partial charge is 0.480 e. The molecule has 0 saturated heterocycles. The highest BCUT2D eigenvalue weighted by Gasteiger charge is 2.10. The van der Waals surface area contributed by atoms with Gasteiger partial charge in [-0.15, -0.1) is 0 Å². The van der Waals surface area contributed by atoms with Crippen LogP contribution in [-0.2, 0) is 14.3 Å². The fraction of sp³-hybridized carbons (Fsp3) is 0.636. The number of nitrogens with two attached hydrogens (primary N) is 1. The van der Waals surface area contributed by atoms with Gasteiger partial charge in [0.2, 0.25) is 0 Å². The number of carbonyl (C=O) groups excluding carboxylic acids is 1. The van der Waals surface area contributed by atoms with E-state index >= 15 is 0 Å². The number of aliphatic carboxylic acids is 1. The molecule has 5 heteroatoms. The quantitative estimate of drug-likeness (QED) is 0.351. The van der Waals surface area contributed by atoms with Crippen molar-refractivity contribution in [3.63, 3.8) is 0 Å². The Morgan fingerprint density at radius 3 is 2.62 bits per heavy atom. The van der Waals surface area contributed by atoms with Crippen LogP contribution in [0, 0.1) is 0 Å². The predicted octanol–water partition coefficient (Wildman–Crippen LogP) is 1.08. The minimum atomic E-state index is -0.981. The van der Waals surface area contributed by atoms with Gasteiger partial charge in [0.1, 0.15) is 12.6 Å². The van der Waals surface area contributed by atoms with Crippen molar-refractivity contribution in [1.29, 1.82) is 0 Å². The van der Waals surface area contributed by atoms with Crippen LogP contribution in [0.5, 0.6) is 0 Å². The summed E-state index contributed by atoms with van der Waals surface area (Å²) in [4.78, 5) is 21.4. The number of ether oxygens (including phenoxy) is 1. The van der Waals surface area contributed by atoms with E-state index in [4.69, 9.17) is 15.6 Å². The van der Waals surface area contributed by atoms with E-state index in [2.05, 4.69) is 6.58 Å². The van der Waals surface area contributed by atoms with E-state index in [0.717, 1.165) is 6.42 Å². The maximum atomic E-state index is 11.0. The first-order valence-corrected chi connectivity index (χ1v) is 5.32. The number of carboxylic acids is 1. The highest BCUT2D eigenvalue weighted by Crippen LogP contribution is 2.05. The third-order valence-corrected chi connectivity index (χ3v) is 2.08. The molecule has 0 unspecified atom stereocenters. The van der Waals surface area contributed by atoms with Gasteiger partial charge in [0.25, 0.3) is 0 Å². The molecule has 0 aromatic carbocycles. The topological polar surface area (TPSA) is 89.6 Å². The number of esters is 1. The molecule has 0 rings (SSSR count). The number of carbonyl (C=O) groups is 2. The van der Waals surface area contributed by atoms with Crippen LogP contribution < -0.4 is 5.73 Å². The first-order valence-electron chi connectivity index (χ1n) is 5.32. The average molecular weight is 229 g/mol.